The molecule has 2 rings (SSSR count). The van der Waals surface area contributed by atoms with Gasteiger partial charge in [0.05, 0.1) is 0 Å². The van der Waals surface area contributed by atoms with Gasteiger partial charge >= 0.3 is 0 Å². The molecule has 1 heteroatoms. The molecule has 0 aliphatic heterocycles. The highest BCUT2D eigenvalue weighted by Crippen LogP contribution is 2.33. The van der Waals surface area contributed by atoms with Crippen molar-refractivity contribution in [2.45, 2.75) is 30.6 Å². The predicted molar refractivity (Wildman–Crippen MR) is 59.3 cm³/mol. The summed E-state index contributed by atoms with van der Waals surface area (Å²) in [7, 11) is 0. The summed E-state index contributed by atoms with van der Waals surface area (Å²) >= 11 is 1.81. The van der Waals surface area contributed by atoms with Gasteiger partial charge in [0.1, 0.15) is 0 Å². The maximum atomic E-state index is 2.27. The normalized spacial score (nSPS) is 16.1. The second-order valence-electron chi connectivity index (χ2n) is 3.83. The Labute approximate surface area is 84.7 Å². The van der Waals surface area contributed by atoms with E-state index in [-0.39, 0.29) is 0 Å². The Morgan fingerprint density at radius 3 is 2.46 bits per heavy atom. The zero-order valence-electron chi connectivity index (χ0n) is 8.12. The van der Waals surface area contributed by atoms with Gasteiger partial charge < -0.3 is 0 Å². The maximum absolute atomic E-state index is 2.27. The summed E-state index contributed by atoms with van der Waals surface area (Å²) in [6.07, 6.45) is 7.75. The lowest BCUT2D eigenvalue weighted by Gasteiger charge is -2.01. The fourth-order valence-corrected chi connectivity index (χ4v) is 1.98. The monoisotopic (exact) mass is 192 g/mol. The van der Waals surface area contributed by atoms with Gasteiger partial charge in [-0.1, -0.05) is 25.0 Å². The average molecular weight is 192 g/mol. The van der Waals surface area contributed by atoms with Crippen LogP contribution >= 0.6 is 11.8 Å². The third-order valence-corrected chi connectivity index (χ3v) is 3.44. The smallest absolute Gasteiger partial charge is 0.00693 e. The van der Waals surface area contributed by atoms with E-state index in [1.165, 1.54) is 36.1 Å². The Kier molecular flexibility index (Phi) is 2.94. The van der Waals surface area contributed by atoms with Crippen molar-refractivity contribution in [1.29, 1.82) is 0 Å². The summed E-state index contributed by atoms with van der Waals surface area (Å²) in [5.41, 5.74) is 1.50. The van der Waals surface area contributed by atoms with Gasteiger partial charge in [-0.15, -0.1) is 11.8 Å². The zero-order chi connectivity index (χ0) is 9.10. The van der Waals surface area contributed by atoms with Crippen LogP contribution in [0.25, 0.3) is 0 Å². The standard InChI is InChI=1S/C12H16S/c1-13-12-8-6-11(7-9-12)5-4-10-2-3-10/h6-10H,2-5H2,1H3. The highest BCUT2D eigenvalue weighted by molar-refractivity contribution is 7.98. The number of rotatable bonds is 4. The van der Waals surface area contributed by atoms with Crippen molar-refractivity contribution in [2.24, 2.45) is 5.92 Å². The number of benzene rings is 1. The highest BCUT2D eigenvalue weighted by Gasteiger charge is 2.20. The van der Waals surface area contributed by atoms with Crippen molar-refractivity contribution in [3.63, 3.8) is 0 Å². The van der Waals surface area contributed by atoms with E-state index < -0.39 is 0 Å². The van der Waals surface area contributed by atoms with Gasteiger partial charge in [-0.2, -0.15) is 0 Å². The van der Waals surface area contributed by atoms with Crippen molar-refractivity contribution in [2.75, 3.05) is 6.26 Å². The van der Waals surface area contributed by atoms with Gasteiger partial charge in [-0.3, -0.25) is 0 Å². The van der Waals surface area contributed by atoms with Crippen molar-refractivity contribution in [1.82, 2.24) is 0 Å². The number of hydrogen-bond acceptors (Lipinski definition) is 1. The summed E-state index contributed by atoms with van der Waals surface area (Å²) in [6.45, 7) is 0. The van der Waals surface area contributed by atoms with E-state index in [4.69, 9.17) is 0 Å². The van der Waals surface area contributed by atoms with E-state index in [1.54, 1.807) is 0 Å². The Hall–Kier alpha value is -0.430. The highest BCUT2D eigenvalue weighted by atomic mass is 32.2. The first-order chi connectivity index (χ1) is 6.38. The molecule has 0 radical (unpaired) electrons. The number of hydrogen-bond donors (Lipinski definition) is 0. The first-order valence-corrected chi connectivity index (χ1v) is 6.24. The van der Waals surface area contributed by atoms with Crippen LogP contribution in [-0.2, 0) is 6.42 Å². The molecule has 0 amide bonds. The van der Waals surface area contributed by atoms with Gasteiger partial charge in [-0.25, -0.2) is 0 Å². The van der Waals surface area contributed by atoms with Crippen molar-refractivity contribution < 1.29 is 0 Å². The molecule has 1 aliphatic carbocycles. The zero-order valence-corrected chi connectivity index (χ0v) is 8.94. The Balaban J connectivity index is 1.88. The van der Waals surface area contributed by atoms with Gasteiger partial charge in [0.2, 0.25) is 0 Å². The van der Waals surface area contributed by atoms with Gasteiger partial charge in [0.25, 0.3) is 0 Å². The summed E-state index contributed by atoms with van der Waals surface area (Å²) in [4.78, 5) is 1.37. The summed E-state index contributed by atoms with van der Waals surface area (Å²) in [5, 5.41) is 0. The van der Waals surface area contributed by atoms with Gasteiger partial charge in [-0.05, 0) is 42.7 Å². The molecular weight excluding hydrogens is 176 g/mol. The summed E-state index contributed by atoms with van der Waals surface area (Å²) < 4.78 is 0. The molecule has 0 atom stereocenters. The van der Waals surface area contributed by atoms with Crippen LogP contribution in [0.4, 0.5) is 0 Å². The van der Waals surface area contributed by atoms with E-state index in [0.717, 1.165) is 5.92 Å². The van der Waals surface area contributed by atoms with Gasteiger partial charge in [0.15, 0.2) is 0 Å². The van der Waals surface area contributed by atoms with Crippen LogP contribution in [0.2, 0.25) is 0 Å². The van der Waals surface area contributed by atoms with Crippen molar-refractivity contribution in [3.8, 4) is 0 Å². The van der Waals surface area contributed by atoms with Crippen LogP contribution in [0.15, 0.2) is 29.2 Å². The molecule has 1 aliphatic rings. The molecule has 0 nitrogen and oxygen atoms in total. The predicted octanol–water partition coefficient (Wildman–Crippen LogP) is 3.75. The lowest BCUT2D eigenvalue weighted by Crippen LogP contribution is -1.86. The van der Waals surface area contributed by atoms with Gasteiger partial charge in [0, 0.05) is 4.90 Å². The van der Waals surface area contributed by atoms with E-state index in [9.17, 15) is 0 Å². The van der Waals surface area contributed by atoms with Crippen molar-refractivity contribution >= 4 is 11.8 Å². The number of aryl methyl sites for hydroxylation is 1. The summed E-state index contributed by atoms with van der Waals surface area (Å²) in [6, 6.07) is 9.00. The molecule has 1 saturated carbocycles. The first kappa shape index (κ1) is 9.14. The minimum Gasteiger partial charge on any atom is -0.130 e. The first-order valence-electron chi connectivity index (χ1n) is 5.01. The average Bonchev–Trinajstić information content (AvgIpc) is 2.99. The van der Waals surface area contributed by atoms with Crippen LogP contribution < -0.4 is 0 Å². The SMILES string of the molecule is CSc1ccc(CCC2CC2)cc1. The second-order valence-corrected chi connectivity index (χ2v) is 4.71. The molecule has 0 saturated heterocycles. The van der Waals surface area contributed by atoms with Crippen molar-refractivity contribution in [3.05, 3.63) is 29.8 Å². The third kappa shape index (κ3) is 2.77. The molecule has 0 N–H and O–H groups in total. The van der Waals surface area contributed by atoms with Crippen LogP contribution in [-0.4, -0.2) is 6.26 Å². The molecule has 1 fully saturated rings. The Bertz CT molecular complexity index is 259. The lowest BCUT2D eigenvalue weighted by atomic mass is 10.1. The molecule has 13 heavy (non-hydrogen) atoms. The molecule has 70 valence electrons. The lowest BCUT2D eigenvalue weighted by molar-refractivity contribution is 0.726. The van der Waals surface area contributed by atoms with Crippen LogP contribution in [0.1, 0.15) is 24.8 Å². The molecule has 1 aromatic rings. The van der Waals surface area contributed by atoms with E-state index in [0.29, 0.717) is 0 Å². The second kappa shape index (κ2) is 4.19. The molecule has 1 aromatic carbocycles. The van der Waals surface area contributed by atoms with Crippen LogP contribution in [0.3, 0.4) is 0 Å². The minimum atomic E-state index is 1.06. The minimum absolute atomic E-state index is 1.06. The topological polar surface area (TPSA) is 0 Å². The Morgan fingerprint density at radius 2 is 1.92 bits per heavy atom. The molecule has 0 bridgehead atoms. The fraction of sp³-hybridized carbons (Fsp3) is 0.500. The largest absolute Gasteiger partial charge is 0.130 e. The molecule has 0 unspecified atom stereocenters. The Morgan fingerprint density at radius 1 is 1.23 bits per heavy atom. The quantitative estimate of drug-likeness (QED) is 0.655. The van der Waals surface area contributed by atoms with Crippen LogP contribution in [0, 0.1) is 5.92 Å². The van der Waals surface area contributed by atoms with E-state index in [2.05, 4.69) is 30.5 Å². The van der Waals surface area contributed by atoms with E-state index in [1.807, 2.05) is 11.8 Å². The fourth-order valence-electron chi connectivity index (χ4n) is 1.57. The molecule has 0 aromatic heterocycles. The molecular formula is C12H16S. The van der Waals surface area contributed by atoms with Crippen LogP contribution in [0.5, 0.6) is 0 Å². The molecule has 0 heterocycles. The van der Waals surface area contributed by atoms with E-state index >= 15 is 0 Å². The molecule has 0 spiro atoms. The third-order valence-electron chi connectivity index (χ3n) is 2.70. The number of thioether (sulfide) groups is 1. The summed E-state index contributed by atoms with van der Waals surface area (Å²) in [5.74, 6) is 1.06. The maximum Gasteiger partial charge on any atom is 0.00693 e.